The highest BCUT2D eigenvalue weighted by Gasteiger charge is 2.43. The lowest BCUT2D eigenvalue weighted by molar-refractivity contribution is 0.156. The van der Waals surface area contributed by atoms with Crippen LogP contribution in [-0.2, 0) is 0 Å². The molecular weight excluding hydrogens is 309 g/mol. The predicted molar refractivity (Wildman–Crippen MR) is 90.3 cm³/mol. The molecule has 0 radical (unpaired) electrons. The normalized spacial score (nSPS) is 26.5. The van der Waals surface area contributed by atoms with Crippen molar-refractivity contribution in [2.45, 2.75) is 18.8 Å². The minimum absolute atomic E-state index is 0.149. The molecule has 4 N–H and O–H groups in total. The highest BCUT2D eigenvalue weighted by atomic mass is 19.1. The van der Waals surface area contributed by atoms with Crippen LogP contribution < -0.4 is 16.2 Å². The van der Waals surface area contributed by atoms with Gasteiger partial charge in [0.05, 0.1) is 6.33 Å². The predicted octanol–water partition coefficient (Wildman–Crippen LogP) is 2.38. The van der Waals surface area contributed by atoms with E-state index in [0.717, 1.165) is 25.9 Å². The number of likely N-dealkylation sites (tertiary alicyclic amines) is 1. The Bertz CT molecular complexity index is 603. The van der Waals surface area contributed by atoms with E-state index >= 15 is 0 Å². The number of hydrogen-bond acceptors (Lipinski definition) is 3. The molecule has 1 aromatic rings. The second kappa shape index (κ2) is 7.21. The topological polar surface area (TPSA) is 81.6 Å². The first-order valence-corrected chi connectivity index (χ1v) is 8.37. The molecule has 5 nitrogen and oxygen atoms in total. The molecule has 2 aliphatic rings. The Morgan fingerprint density at radius 2 is 1.88 bits per heavy atom. The van der Waals surface area contributed by atoms with Crippen LogP contribution in [0.1, 0.15) is 24.3 Å². The number of urea groups is 1. The summed E-state index contributed by atoms with van der Waals surface area (Å²) in [4.78, 5) is 13.2. The molecule has 6 heteroatoms. The first-order chi connectivity index (χ1) is 11.6. The van der Waals surface area contributed by atoms with Gasteiger partial charge in [-0.1, -0.05) is 12.1 Å². The fourth-order valence-corrected chi connectivity index (χ4v) is 4.04. The van der Waals surface area contributed by atoms with Crippen molar-refractivity contribution in [3.63, 3.8) is 0 Å². The smallest absolute Gasteiger partial charge is 0.314 e. The number of nitrogens with two attached hydrogens (primary N) is 2. The lowest BCUT2D eigenvalue weighted by atomic mass is 9.80. The van der Waals surface area contributed by atoms with E-state index in [-0.39, 0.29) is 19.2 Å². The minimum Gasteiger partial charge on any atom is -0.489 e. The van der Waals surface area contributed by atoms with Crippen LogP contribution in [-0.4, -0.2) is 37.2 Å². The average molecular weight is 333 g/mol. The number of hydrogen-bond donors (Lipinski definition) is 2. The fraction of sp³-hybridized carbons (Fsp3) is 0.500. The van der Waals surface area contributed by atoms with Crippen molar-refractivity contribution in [1.82, 2.24) is 4.90 Å². The van der Waals surface area contributed by atoms with Crippen LogP contribution in [0.15, 0.2) is 36.2 Å². The summed E-state index contributed by atoms with van der Waals surface area (Å²) in [6.07, 6.45) is 2.77. The van der Waals surface area contributed by atoms with E-state index in [0.29, 0.717) is 35.4 Å². The molecule has 2 fully saturated rings. The molecule has 130 valence electrons. The van der Waals surface area contributed by atoms with Crippen LogP contribution in [0.4, 0.5) is 9.18 Å². The third-order valence-electron chi connectivity index (χ3n) is 5.25. The number of rotatable bonds is 5. The van der Waals surface area contributed by atoms with E-state index < -0.39 is 0 Å². The summed E-state index contributed by atoms with van der Waals surface area (Å²) in [5.41, 5.74) is 12.6. The van der Waals surface area contributed by atoms with Crippen molar-refractivity contribution in [3.8, 4) is 5.75 Å². The molecule has 0 spiro atoms. The number of fused-ring (bicyclic) bond motifs is 2. The summed E-state index contributed by atoms with van der Waals surface area (Å²) in [5, 5.41) is 0. The average Bonchev–Trinajstić information content (AvgIpc) is 2.85. The van der Waals surface area contributed by atoms with Gasteiger partial charge in [0.25, 0.3) is 0 Å². The summed E-state index contributed by atoms with van der Waals surface area (Å²) in [6, 6.07) is 7.67. The number of carbonyl (C=O) groups excluding carboxylic acids is 1. The lowest BCUT2D eigenvalue weighted by Gasteiger charge is -2.37. The first-order valence-electron chi connectivity index (χ1n) is 8.37. The zero-order valence-electron chi connectivity index (χ0n) is 13.7. The van der Waals surface area contributed by atoms with Crippen LogP contribution in [0.2, 0.25) is 0 Å². The van der Waals surface area contributed by atoms with Gasteiger partial charge in [0.1, 0.15) is 12.4 Å². The van der Waals surface area contributed by atoms with Crippen molar-refractivity contribution in [3.05, 3.63) is 41.7 Å². The Balaban J connectivity index is 1.65. The molecule has 0 aromatic heterocycles. The largest absolute Gasteiger partial charge is 0.489 e. The van der Waals surface area contributed by atoms with Gasteiger partial charge in [-0.25, -0.2) is 9.18 Å². The van der Waals surface area contributed by atoms with Gasteiger partial charge >= 0.3 is 6.03 Å². The minimum atomic E-state index is -0.314. The van der Waals surface area contributed by atoms with Crippen molar-refractivity contribution in [2.75, 3.05) is 26.2 Å². The summed E-state index contributed by atoms with van der Waals surface area (Å²) < 4.78 is 18.0. The summed E-state index contributed by atoms with van der Waals surface area (Å²) in [5.74, 6) is 2.12. The molecule has 1 aliphatic heterocycles. The second-order valence-corrected chi connectivity index (χ2v) is 6.70. The Kier molecular flexibility index (Phi) is 5.04. The van der Waals surface area contributed by atoms with Crippen molar-refractivity contribution in [2.24, 2.45) is 23.3 Å². The number of primary amides is 1. The molecule has 3 rings (SSSR count). The van der Waals surface area contributed by atoms with Gasteiger partial charge in [-0.15, -0.1) is 0 Å². The molecule has 1 aromatic carbocycles. The van der Waals surface area contributed by atoms with Gasteiger partial charge in [0.2, 0.25) is 0 Å². The number of halogens is 1. The van der Waals surface area contributed by atoms with Gasteiger partial charge in [-0.2, -0.15) is 0 Å². The number of carbonyl (C=O) groups is 1. The summed E-state index contributed by atoms with van der Waals surface area (Å²) in [6.45, 7) is 1.80. The van der Waals surface area contributed by atoms with Crippen molar-refractivity contribution in [1.29, 1.82) is 0 Å². The number of piperidine rings is 1. The molecule has 1 heterocycles. The maximum Gasteiger partial charge on any atom is 0.314 e. The molecule has 2 unspecified atom stereocenters. The van der Waals surface area contributed by atoms with Crippen LogP contribution in [0.5, 0.6) is 5.75 Å². The van der Waals surface area contributed by atoms with E-state index in [9.17, 15) is 9.18 Å². The van der Waals surface area contributed by atoms with Crippen LogP contribution in [0, 0.1) is 11.8 Å². The third-order valence-corrected chi connectivity index (χ3v) is 5.25. The maximum atomic E-state index is 12.5. The van der Waals surface area contributed by atoms with Crippen LogP contribution in [0.25, 0.3) is 0 Å². The SMILES string of the molecule is NC/C(=C\F)COc1ccc(C2C3CCC2CN(C(N)=O)C3)cc1. The van der Waals surface area contributed by atoms with E-state index in [2.05, 4.69) is 12.1 Å². The van der Waals surface area contributed by atoms with Crippen molar-refractivity contribution >= 4 is 6.03 Å². The number of ether oxygens (including phenoxy) is 1. The maximum absolute atomic E-state index is 12.5. The lowest BCUT2D eigenvalue weighted by Crippen LogP contribution is -2.46. The highest BCUT2D eigenvalue weighted by molar-refractivity contribution is 5.72. The molecule has 24 heavy (non-hydrogen) atoms. The molecule has 2 atom stereocenters. The van der Waals surface area contributed by atoms with E-state index in [1.807, 2.05) is 12.1 Å². The number of benzene rings is 1. The number of nitrogens with zero attached hydrogens (tertiary/aromatic N) is 1. The second-order valence-electron chi connectivity index (χ2n) is 6.70. The monoisotopic (exact) mass is 333 g/mol. The van der Waals surface area contributed by atoms with Gasteiger partial charge in [-0.05, 0) is 48.3 Å². The molecule has 1 saturated heterocycles. The molecule has 1 aliphatic carbocycles. The Hall–Kier alpha value is -2.08. The zero-order valence-corrected chi connectivity index (χ0v) is 13.7. The molecular formula is C18H24FN3O2. The Morgan fingerprint density at radius 1 is 1.25 bits per heavy atom. The summed E-state index contributed by atoms with van der Waals surface area (Å²) >= 11 is 0. The standard InChI is InChI=1S/C18H24FN3O2/c19-7-12(8-20)11-24-16-5-3-13(4-6-16)17-14-1-2-15(17)10-22(9-14)18(21)23/h3-7,14-15,17H,1-2,8-11,20H2,(H2,21,23)/b12-7+. The zero-order chi connectivity index (χ0) is 17.1. The molecule has 2 bridgehead atoms. The Morgan fingerprint density at radius 3 is 2.38 bits per heavy atom. The quantitative estimate of drug-likeness (QED) is 0.868. The molecule has 1 saturated carbocycles. The van der Waals surface area contributed by atoms with Gasteiger partial charge < -0.3 is 21.1 Å². The van der Waals surface area contributed by atoms with E-state index in [4.69, 9.17) is 16.2 Å². The van der Waals surface area contributed by atoms with Crippen molar-refractivity contribution < 1.29 is 13.9 Å². The van der Waals surface area contributed by atoms with Gasteiger partial charge in [-0.3, -0.25) is 0 Å². The first kappa shape index (κ1) is 16.8. The number of amides is 2. The van der Waals surface area contributed by atoms with Crippen LogP contribution >= 0.6 is 0 Å². The Labute approximate surface area is 141 Å². The van der Waals surface area contributed by atoms with Crippen LogP contribution in [0.3, 0.4) is 0 Å². The van der Waals surface area contributed by atoms with Gasteiger partial charge in [0, 0.05) is 25.2 Å². The highest BCUT2D eigenvalue weighted by Crippen LogP contribution is 2.48. The van der Waals surface area contributed by atoms with E-state index in [1.54, 1.807) is 4.90 Å². The van der Waals surface area contributed by atoms with Gasteiger partial charge in [0.15, 0.2) is 0 Å². The summed E-state index contributed by atoms with van der Waals surface area (Å²) in [7, 11) is 0. The fourth-order valence-electron chi connectivity index (χ4n) is 4.04. The third kappa shape index (κ3) is 3.38. The molecule has 2 amide bonds. The van der Waals surface area contributed by atoms with E-state index in [1.165, 1.54) is 5.56 Å².